The van der Waals surface area contributed by atoms with Gasteiger partial charge in [-0.3, -0.25) is 9.97 Å². The van der Waals surface area contributed by atoms with E-state index in [-0.39, 0.29) is 0 Å². The summed E-state index contributed by atoms with van der Waals surface area (Å²) in [5, 5.41) is 4.69. The molecule has 0 radical (unpaired) electrons. The van der Waals surface area contributed by atoms with Crippen LogP contribution in [0.4, 0.5) is 0 Å². The highest BCUT2D eigenvalue weighted by Gasteiger charge is 2.19. The lowest BCUT2D eigenvalue weighted by atomic mass is 9.85. The topological polar surface area (TPSA) is 77.3 Å². The van der Waals surface area contributed by atoms with Crippen molar-refractivity contribution < 1.29 is 0 Å². The minimum Gasteiger partial charge on any atom is -0.255 e. The summed E-state index contributed by atoms with van der Waals surface area (Å²) in [7, 11) is 0. The van der Waals surface area contributed by atoms with E-state index in [1.807, 2.05) is 97.1 Å². The Morgan fingerprint density at radius 3 is 1.11 bits per heavy atom. The smallest absolute Gasteiger partial charge is 0.164 e. The predicted octanol–water partition coefficient (Wildman–Crippen LogP) is 13.7. The van der Waals surface area contributed by atoms with Crippen LogP contribution in [0.3, 0.4) is 0 Å². The highest BCUT2D eigenvalue weighted by atomic mass is 15.0. The van der Waals surface area contributed by atoms with Gasteiger partial charge in [-0.15, -0.1) is 0 Å². The number of hydrogen-bond acceptors (Lipinski definition) is 6. The fourth-order valence-corrected chi connectivity index (χ4v) is 8.32. The molecule has 11 rings (SSSR count). The Morgan fingerprint density at radius 2 is 0.629 bits per heavy atom. The van der Waals surface area contributed by atoms with E-state index in [4.69, 9.17) is 19.9 Å². The summed E-state index contributed by atoms with van der Waals surface area (Å²) in [6, 6.07) is 71.2. The average Bonchev–Trinajstić information content (AvgIpc) is 3.36. The van der Waals surface area contributed by atoms with Gasteiger partial charge >= 0.3 is 0 Å². The Kier molecular flexibility index (Phi) is 9.41. The number of benzene rings is 7. The molecule has 62 heavy (non-hydrogen) atoms. The Labute approximate surface area is 359 Å². The van der Waals surface area contributed by atoms with E-state index in [0.29, 0.717) is 17.5 Å². The summed E-state index contributed by atoms with van der Waals surface area (Å²) in [4.78, 5) is 29.2. The second kappa shape index (κ2) is 15.9. The monoisotopic (exact) mass is 792 g/mol. The second-order valence-electron chi connectivity index (χ2n) is 15.1. The van der Waals surface area contributed by atoms with E-state index < -0.39 is 0 Å². The molecule has 0 aliphatic carbocycles. The standard InChI is InChI=1S/C56H36N6/c1-3-16-39(17-4-1)54-60-55(40-18-5-2-6-19-40)62-56(61-54)42-21-15-20-41(34-42)53-46-24-9-7-22-44(46)52(45-23-8-10-25-47(45)53)38-30-28-37(29-31-38)43-35-50(48-26-11-13-32-57-48)59-51(36-43)49-27-12-14-33-58-49/h1-36H. The molecular weight excluding hydrogens is 757 g/mol. The lowest BCUT2D eigenvalue weighted by Crippen LogP contribution is -2.00. The third-order valence-corrected chi connectivity index (χ3v) is 11.2. The Hall–Kier alpha value is -8.48. The van der Waals surface area contributed by atoms with Gasteiger partial charge in [-0.25, -0.2) is 19.9 Å². The van der Waals surface area contributed by atoms with Crippen LogP contribution in [-0.4, -0.2) is 29.9 Å². The van der Waals surface area contributed by atoms with Gasteiger partial charge in [0, 0.05) is 29.1 Å². The fourth-order valence-electron chi connectivity index (χ4n) is 8.32. The van der Waals surface area contributed by atoms with Gasteiger partial charge in [0.2, 0.25) is 0 Å². The van der Waals surface area contributed by atoms with Crippen molar-refractivity contribution in [2.45, 2.75) is 0 Å². The van der Waals surface area contributed by atoms with Crippen molar-refractivity contribution in [3.05, 3.63) is 219 Å². The van der Waals surface area contributed by atoms with Crippen LogP contribution >= 0.6 is 0 Å². The number of pyridine rings is 3. The van der Waals surface area contributed by atoms with Crippen LogP contribution in [0.2, 0.25) is 0 Å². The molecule has 0 saturated heterocycles. The Morgan fingerprint density at radius 1 is 0.226 bits per heavy atom. The lowest BCUT2D eigenvalue weighted by molar-refractivity contribution is 1.07. The minimum absolute atomic E-state index is 0.623. The van der Waals surface area contributed by atoms with Crippen molar-refractivity contribution in [1.29, 1.82) is 0 Å². The molecule has 11 aromatic rings. The van der Waals surface area contributed by atoms with Crippen molar-refractivity contribution in [3.8, 4) is 90.3 Å². The largest absolute Gasteiger partial charge is 0.255 e. The minimum atomic E-state index is 0.623. The molecule has 290 valence electrons. The highest BCUT2D eigenvalue weighted by molar-refractivity contribution is 6.21. The molecule has 0 aliphatic rings. The molecule has 0 unspecified atom stereocenters. The normalized spacial score (nSPS) is 11.2. The first-order valence-electron chi connectivity index (χ1n) is 20.6. The van der Waals surface area contributed by atoms with Gasteiger partial charge in [-0.1, -0.05) is 164 Å². The van der Waals surface area contributed by atoms with Crippen molar-refractivity contribution in [2.24, 2.45) is 0 Å². The molecule has 6 nitrogen and oxygen atoms in total. The molecule has 0 saturated carbocycles. The maximum Gasteiger partial charge on any atom is 0.164 e. The Bertz CT molecular complexity index is 3200. The van der Waals surface area contributed by atoms with Crippen molar-refractivity contribution in [3.63, 3.8) is 0 Å². The third-order valence-electron chi connectivity index (χ3n) is 11.2. The number of rotatable bonds is 8. The van der Waals surface area contributed by atoms with Crippen molar-refractivity contribution in [2.75, 3.05) is 0 Å². The van der Waals surface area contributed by atoms with Gasteiger partial charge in [0.25, 0.3) is 0 Å². The van der Waals surface area contributed by atoms with Crippen LogP contribution in [0.15, 0.2) is 219 Å². The van der Waals surface area contributed by atoms with E-state index in [1.54, 1.807) is 12.4 Å². The zero-order valence-electron chi connectivity index (χ0n) is 33.5. The molecule has 0 aliphatic heterocycles. The van der Waals surface area contributed by atoms with Gasteiger partial charge in [0.05, 0.1) is 22.8 Å². The maximum atomic E-state index is 5.05. The number of aromatic nitrogens is 6. The van der Waals surface area contributed by atoms with Gasteiger partial charge in [0.1, 0.15) is 0 Å². The van der Waals surface area contributed by atoms with Crippen LogP contribution in [0.5, 0.6) is 0 Å². The molecule has 0 N–H and O–H groups in total. The van der Waals surface area contributed by atoms with Crippen molar-refractivity contribution in [1.82, 2.24) is 29.9 Å². The zero-order valence-corrected chi connectivity index (χ0v) is 33.5. The summed E-state index contributed by atoms with van der Waals surface area (Å²) in [5.74, 6) is 1.90. The molecule has 7 aromatic carbocycles. The molecule has 0 atom stereocenters. The van der Waals surface area contributed by atoms with Gasteiger partial charge in [-0.2, -0.15) is 0 Å². The zero-order chi connectivity index (χ0) is 41.2. The first kappa shape index (κ1) is 36.6. The first-order chi connectivity index (χ1) is 30.7. The molecule has 6 heteroatoms. The molecule has 0 spiro atoms. The second-order valence-corrected chi connectivity index (χ2v) is 15.1. The molecule has 0 amide bonds. The molecular formula is C56H36N6. The molecule has 0 bridgehead atoms. The van der Waals surface area contributed by atoms with Crippen LogP contribution in [0.1, 0.15) is 0 Å². The van der Waals surface area contributed by atoms with E-state index in [0.717, 1.165) is 61.7 Å². The summed E-state index contributed by atoms with van der Waals surface area (Å²) in [5.41, 5.74) is 12.7. The SMILES string of the molecule is c1ccc(-c2nc(-c3ccccc3)nc(-c3cccc(-c4c5ccccc5c(-c5ccc(-c6cc(-c7ccccn7)nc(-c7ccccn7)c6)cc5)c5ccccc45)c3)n2)cc1. The maximum absolute atomic E-state index is 5.05. The van der Waals surface area contributed by atoms with Crippen LogP contribution in [0, 0.1) is 0 Å². The lowest BCUT2D eigenvalue weighted by Gasteiger charge is -2.18. The van der Waals surface area contributed by atoms with E-state index in [2.05, 4.69) is 119 Å². The quantitative estimate of drug-likeness (QED) is 0.143. The van der Waals surface area contributed by atoms with E-state index >= 15 is 0 Å². The predicted molar refractivity (Wildman–Crippen MR) is 252 cm³/mol. The number of hydrogen-bond donors (Lipinski definition) is 0. The van der Waals surface area contributed by atoms with Crippen LogP contribution in [0.25, 0.3) is 112 Å². The van der Waals surface area contributed by atoms with E-state index in [9.17, 15) is 0 Å². The first-order valence-corrected chi connectivity index (χ1v) is 20.6. The highest BCUT2D eigenvalue weighted by Crippen LogP contribution is 2.44. The fraction of sp³-hybridized carbons (Fsp3) is 0. The van der Waals surface area contributed by atoms with Crippen LogP contribution in [-0.2, 0) is 0 Å². The van der Waals surface area contributed by atoms with Crippen molar-refractivity contribution >= 4 is 21.5 Å². The van der Waals surface area contributed by atoms with Gasteiger partial charge in [-0.05, 0) is 97.4 Å². The summed E-state index contributed by atoms with van der Waals surface area (Å²) >= 11 is 0. The van der Waals surface area contributed by atoms with Gasteiger partial charge < -0.3 is 0 Å². The summed E-state index contributed by atoms with van der Waals surface area (Å²) in [6.07, 6.45) is 3.60. The van der Waals surface area contributed by atoms with E-state index in [1.165, 1.54) is 32.7 Å². The van der Waals surface area contributed by atoms with Crippen LogP contribution < -0.4 is 0 Å². The summed E-state index contributed by atoms with van der Waals surface area (Å²) < 4.78 is 0. The summed E-state index contributed by atoms with van der Waals surface area (Å²) in [6.45, 7) is 0. The third kappa shape index (κ3) is 6.95. The molecule has 4 heterocycles. The Balaban J connectivity index is 1.03. The molecule has 0 fully saturated rings. The molecule has 4 aromatic heterocycles. The number of fused-ring (bicyclic) bond motifs is 2. The number of nitrogens with zero attached hydrogens (tertiary/aromatic N) is 6. The van der Waals surface area contributed by atoms with Gasteiger partial charge in [0.15, 0.2) is 17.5 Å². The average molecular weight is 793 g/mol.